The van der Waals surface area contributed by atoms with Gasteiger partial charge in [0.15, 0.2) is 0 Å². The minimum atomic E-state index is 0.193. The van der Waals surface area contributed by atoms with Gasteiger partial charge in [0.1, 0.15) is 0 Å². The highest BCUT2D eigenvalue weighted by molar-refractivity contribution is 5.15. The molecule has 0 bridgehead atoms. The fourth-order valence-corrected chi connectivity index (χ4v) is 3.47. The van der Waals surface area contributed by atoms with E-state index in [9.17, 15) is 0 Å². The first-order valence-corrected chi connectivity index (χ1v) is 8.38. The van der Waals surface area contributed by atoms with E-state index >= 15 is 0 Å². The topological polar surface area (TPSA) is 32.5 Å². The van der Waals surface area contributed by atoms with Crippen molar-refractivity contribution in [3.8, 4) is 0 Å². The lowest BCUT2D eigenvalue weighted by molar-refractivity contribution is 0.108. The van der Waals surface area contributed by atoms with Crippen molar-refractivity contribution in [3.63, 3.8) is 0 Å². The Hall–Kier alpha value is -0.900. The maximum Gasteiger partial charge on any atom is 0.0341 e. The Bertz CT molecular complexity index is 406. The van der Waals surface area contributed by atoms with Gasteiger partial charge in [0.25, 0.3) is 0 Å². The molecule has 1 aromatic rings. The van der Waals surface area contributed by atoms with Crippen LogP contribution in [0, 0.1) is 0 Å². The van der Waals surface area contributed by atoms with Gasteiger partial charge in [0.05, 0.1) is 0 Å². The zero-order valence-electron chi connectivity index (χ0n) is 13.7. The molecule has 3 nitrogen and oxygen atoms in total. The average Bonchev–Trinajstić information content (AvgIpc) is 2.76. The molecule has 1 aliphatic rings. The van der Waals surface area contributed by atoms with Crippen LogP contribution in [0.5, 0.6) is 0 Å². The van der Waals surface area contributed by atoms with Gasteiger partial charge in [0.2, 0.25) is 0 Å². The van der Waals surface area contributed by atoms with E-state index in [1.165, 1.54) is 37.9 Å². The van der Waals surface area contributed by atoms with E-state index < -0.39 is 0 Å². The predicted octanol–water partition coefficient (Wildman–Crippen LogP) is 2.36. The van der Waals surface area contributed by atoms with E-state index in [0.29, 0.717) is 0 Å². The van der Waals surface area contributed by atoms with Crippen LogP contribution in [0.25, 0.3) is 0 Å². The van der Waals surface area contributed by atoms with Crippen molar-refractivity contribution >= 4 is 0 Å². The van der Waals surface area contributed by atoms with Crippen LogP contribution in [0.3, 0.4) is 0 Å². The Kier molecular flexibility index (Phi) is 6.22. The molecule has 2 rings (SSSR count). The molecule has 0 spiro atoms. The molecule has 1 heterocycles. The van der Waals surface area contributed by atoms with Gasteiger partial charge in [-0.2, -0.15) is 0 Å². The molecule has 1 unspecified atom stereocenters. The van der Waals surface area contributed by atoms with Gasteiger partial charge >= 0.3 is 0 Å². The summed E-state index contributed by atoms with van der Waals surface area (Å²) in [6, 6.07) is 10.8. The van der Waals surface area contributed by atoms with Crippen molar-refractivity contribution < 1.29 is 0 Å². The summed E-state index contributed by atoms with van der Waals surface area (Å²) in [6.45, 7) is 7.69. The van der Waals surface area contributed by atoms with E-state index in [-0.39, 0.29) is 5.54 Å². The standard InChI is InChI=1S/C18H31N3/c1-3-21-13-7-11-18(16-19,12-15-21)20(2)14-10-17-8-5-4-6-9-17/h4-6,8-9H,3,7,10-16,19H2,1-2H3. The van der Waals surface area contributed by atoms with Crippen LogP contribution in [-0.2, 0) is 6.42 Å². The largest absolute Gasteiger partial charge is 0.329 e. The minimum Gasteiger partial charge on any atom is -0.329 e. The molecule has 0 saturated carbocycles. The van der Waals surface area contributed by atoms with Crippen LogP contribution in [0.15, 0.2) is 30.3 Å². The smallest absolute Gasteiger partial charge is 0.0341 e. The number of nitrogens with zero attached hydrogens (tertiary/aromatic N) is 2. The molecule has 0 amide bonds. The molecule has 2 N–H and O–H groups in total. The van der Waals surface area contributed by atoms with E-state index in [1.54, 1.807) is 0 Å². The fraction of sp³-hybridized carbons (Fsp3) is 0.667. The average molecular weight is 289 g/mol. The second-order valence-corrected chi connectivity index (χ2v) is 6.37. The summed E-state index contributed by atoms with van der Waals surface area (Å²) in [4.78, 5) is 5.08. The SMILES string of the molecule is CCN1CCCC(CN)(N(C)CCc2ccccc2)CC1. The summed E-state index contributed by atoms with van der Waals surface area (Å²) in [6.07, 6.45) is 4.80. The number of likely N-dealkylation sites (N-methyl/N-ethyl adjacent to an activating group) is 1. The molecule has 3 heteroatoms. The lowest BCUT2D eigenvalue weighted by atomic mass is 9.88. The summed E-state index contributed by atoms with van der Waals surface area (Å²) in [5.41, 5.74) is 7.81. The lowest BCUT2D eigenvalue weighted by Gasteiger charge is -2.41. The Labute approximate surface area is 130 Å². The fourth-order valence-electron chi connectivity index (χ4n) is 3.47. The molecule has 118 valence electrons. The van der Waals surface area contributed by atoms with Crippen molar-refractivity contribution in [1.82, 2.24) is 9.80 Å². The predicted molar refractivity (Wildman–Crippen MR) is 90.5 cm³/mol. The number of benzene rings is 1. The molecule has 0 radical (unpaired) electrons. The maximum atomic E-state index is 6.20. The van der Waals surface area contributed by atoms with Crippen LogP contribution >= 0.6 is 0 Å². The van der Waals surface area contributed by atoms with Gasteiger partial charge < -0.3 is 10.6 Å². The third kappa shape index (κ3) is 4.29. The van der Waals surface area contributed by atoms with Crippen molar-refractivity contribution in [2.24, 2.45) is 5.73 Å². The highest BCUT2D eigenvalue weighted by atomic mass is 15.2. The highest BCUT2D eigenvalue weighted by Gasteiger charge is 2.34. The van der Waals surface area contributed by atoms with Gasteiger partial charge in [-0.05, 0) is 57.9 Å². The summed E-state index contributed by atoms with van der Waals surface area (Å²) >= 11 is 0. The molecule has 0 aromatic heterocycles. The van der Waals surface area contributed by atoms with Gasteiger partial charge in [0, 0.05) is 18.6 Å². The first-order chi connectivity index (χ1) is 10.2. The molecular formula is C18H31N3. The maximum absolute atomic E-state index is 6.20. The monoisotopic (exact) mass is 289 g/mol. The van der Waals surface area contributed by atoms with Crippen molar-refractivity contribution in [1.29, 1.82) is 0 Å². The molecule has 1 atom stereocenters. The second-order valence-electron chi connectivity index (χ2n) is 6.37. The van der Waals surface area contributed by atoms with Crippen LogP contribution in [0.2, 0.25) is 0 Å². The molecule has 1 fully saturated rings. The molecule has 21 heavy (non-hydrogen) atoms. The summed E-state index contributed by atoms with van der Waals surface area (Å²) < 4.78 is 0. The third-order valence-corrected chi connectivity index (χ3v) is 5.23. The van der Waals surface area contributed by atoms with Crippen LogP contribution in [-0.4, -0.2) is 55.1 Å². The first-order valence-electron chi connectivity index (χ1n) is 8.38. The zero-order chi connectivity index (χ0) is 15.1. The number of hydrogen-bond donors (Lipinski definition) is 1. The van der Waals surface area contributed by atoms with E-state index in [4.69, 9.17) is 5.73 Å². The molecule has 1 saturated heterocycles. The number of hydrogen-bond acceptors (Lipinski definition) is 3. The van der Waals surface area contributed by atoms with Gasteiger partial charge in [-0.3, -0.25) is 4.90 Å². The van der Waals surface area contributed by atoms with Crippen LogP contribution in [0.1, 0.15) is 31.7 Å². The second kappa shape index (κ2) is 7.92. The zero-order valence-corrected chi connectivity index (χ0v) is 13.7. The van der Waals surface area contributed by atoms with E-state index in [2.05, 4.69) is 54.1 Å². The normalized spacial score (nSPS) is 24.2. The highest BCUT2D eigenvalue weighted by Crippen LogP contribution is 2.27. The van der Waals surface area contributed by atoms with Crippen molar-refractivity contribution in [2.75, 3.05) is 39.8 Å². The van der Waals surface area contributed by atoms with Crippen molar-refractivity contribution in [2.45, 2.75) is 38.1 Å². The molecule has 0 aliphatic carbocycles. The van der Waals surface area contributed by atoms with Gasteiger partial charge in [-0.1, -0.05) is 37.3 Å². The van der Waals surface area contributed by atoms with E-state index in [1.807, 2.05) is 0 Å². The lowest BCUT2D eigenvalue weighted by Crippen LogP contribution is -2.53. The Morgan fingerprint density at radius 3 is 2.62 bits per heavy atom. The first kappa shape index (κ1) is 16.5. The Morgan fingerprint density at radius 1 is 1.19 bits per heavy atom. The number of likely N-dealkylation sites (tertiary alicyclic amines) is 1. The third-order valence-electron chi connectivity index (χ3n) is 5.23. The van der Waals surface area contributed by atoms with Gasteiger partial charge in [-0.25, -0.2) is 0 Å². The molecule has 1 aliphatic heterocycles. The molecular weight excluding hydrogens is 258 g/mol. The minimum absolute atomic E-state index is 0.193. The number of nitrogens with two attached hydrogens (primary N) is 1. The van der Waals surface area contributed by atoms with Gasteiger partial charge in [-0.15, -0.1) is 0 Å². The van der Waals surface area contributed by atoms with Crippen molar-refractivity contribution in [3.05, 3.63) is 35.9 Å². The Balaban J connectivity index is 1.95. The van der Waals surface area contributed by atoms with Crippen LogP contribution < -0.4 is 5.73 Å². The Morgan fingerprint density at radius 2 is 1.95 bits per heavy atom. The van der Waals surface area contributed by atoms with Crippen LogP contribution in [0.4, 0.5) is 0 Å². The number of rotatable bonds is 6. The van der Waals surface area contributed by atoms with E-state index in [0.717, 1.165) is 26.1 Å². The quantitative estimate of drug-likeness (QED) is 0.872. The summed E-state index contributed by atoms with van der Waals surface area (Å²) in [7, 11) is 2.26. The summed E-state index contributed by atoms with van der Waals surface area (Å²) in [5, 5.41) is 0. The molecule has 1 aromatic carbocycles. The summed E-state index contributed by atoms with van der Waals surface area (Å²) in [5.74, 6) is 0.